The Morgan fingerprint density at radius 2 is 1.57 bits per heavy atom. The van der Waals surface area contributed by atoms with Gasteiger partial charge in [0.2, 0.25) is 0 Å². The maximum atomic E-state index is 13.6. The average molecular weight is 507 g/mol. The molecule has 0 atom stereocenters. The lowest BCUT2D eigenvalue weighted by Crippen LogP contribution is -2.13. The van der Waals surface area contributed by atoms with Gasteiger partial charge in [-0.2, -0.15) is 44.8 Å². The van der Waals surface area contributed by atoms with Gasteiger partial charge in [0, 0.05) is 29.9 Å². The van der Waals surface area contributed by atoms with Gasteiger partial charge in [-0.05, 0) is 35.9 Å². The van der Waals surface area contributed by atoms with Crippen molar-refractivity contribution >= 4 is 23.1 Å². The molecule has 0 fully saturated rings. The highest BCUT2D eigenvalue weighted by atomic mass is 19.4. The van der Waals surface area contributed by atoms with E-state index in [1.54, 1.807) is 0 Å². The standard InChI is InChI=1S/C21H10F9N3O2/c22-19(23,24)13-3-10(4-14(6-13)20(25,26)27)8-33-9-12(5-11(7-31)18(34)35)16-15(21(28,29)30)1-2-32-17(16)33/h1-6,9H,8H2,(H,34,35)/b11-5+. The number of rotatable bonds is 4. The zero-order valence-corrected chi connectivity index (χ0v) is 16.8. The van der Waals surface area contributed by atoms with E-state index in [4.69, 9.17) is 10.4 Å². The molecule has 3 rings (SSSR count). The fraction of sp³-hybridized carbons (Fsp3) is 0.190. The zero-order valence-electron chi connectivity index (χ0n) is 16.8. The van der Waals surface area contributed by atoms with E-state index in [9.17, 15) is 44.3 Å². The summed E-state index contributed by atoms with van der Waals surface area (Å²) in [5, 5.41) is 17.3. The van der Waals surface area contributed by atoms with Crippen molar-refractivity contribution in [1.29, 1.82) is 5.26 Å². The van der Waals surface area contributed by atoms with Crippen LogP contribution in [0.3, 0.4) is 0 Å². The summed E-state index contributed by atoms with van der Waals surface area (Å²) in [4.78, 5) is 14.9. The van der Waals surface area contributed by atoms with E-state index in [0.29, 0.717) is 24.3 Å². The van der Waals surface area contributed by atoms with Crippen LogP contribution in [0.15, 0.2) is 42.2 Å². The number of carboxylic acids is 1. The number of carboxylic acid groups (broad SMARTS) is 1. The topological polar surface area (TPSA) is 78.9 Å². The number of aliphatic carboxylic acids is 1. The molecule has 35 heavy (non-hydrogen) atoms. The van der Waals surface area contributed by atoms with Gasteiger partial charge in [0.15, 0.2) is 0 Å². The van der Waals surface area contributed by atoms with Gasteiger partial charge >= 0.3 is 24.5 Å². The molecule has 1 aromatic carbocycles. The SMILES string of the molecule is N#C/C(=C\c1cn(Cc2cc(C(F)(F)F)cc(C(F)(F)F)c2)c2nccc(C(F)(F)F)c12)C(=O)O. The van der Waals surface area contributed by atoms with Crippen molar-refractivity contribution in [3.8, 4) is 6.07 Å². The Morgan fingerprint density at radius 1 is 1.00 bits per heavy atom. The summed E-state index contributed by atoms with van der Waals surface area (Å²) in [5.74, 6) is -1.77. The maximum Gasteiger partial charge on any atom is 0.417 e. The summed E-state index contributed by atoms with van der Waals surface area (Å²) in [6, 6.07) is 2.55. The number of alkyl halides is 9. The molecule has 0 aliphatic carbocycles. The number of benzene rings is 1. The quantitative estimate of drug-likeness (QED) is 0.262. The van der Waals surface area contributed by atoms with Gasteiger partial charge in [-0.25, -0.2) is 9.78 Å². The number of carbonyl (C=O) groups is 1. The highest BCUT2D eigenvalue weighted by Gasteiger charge is 2.37. The van der Waals surface area contributed by atoms with Crippen molar-refractivity contribution < 1.29 is 49.4 Å². The molecule has 184 valence electrons. The monoisotopic (exact) mass is 507 g/mol. The second-order valence-corrected chi connectivity index (χ2v) is 7.16. The highest BCUT2D eigenvalue weighted by molar-refractivity contribution is 6.00. The third-order valence-electron chi connectivity index (χ3n) is 4.74. The van der Waals surface area contributed by atoms with Crippen LogP contribution in [0, 0.1) is 11.3 Å². The summed E-state index contributed by atoms with van der Waals surface area (Å²) in [6.07, 6.45) is -13.1. The Morgan fingerprint density at radius 3 is 2.03 bits per heavy atom. The van der Waals surface area contributed by atoms with Gasteiger partial charge in [-0.1, -0.05) is 0 Å². The Hall–Kier alpha value is -4.02. The lowest BCUT2D eigenvalue weighted by molar-refractivity contribution is -0.143. The third kappa shape index (κ3) is 5.39. The lowest BCUT2D eigenvalue weighted by atomic mass is 10.0. The Bertz CT molecular complexity index is 1340. The van der Waals surface area contributed by atoms with E-state index in [1.165, 1.54) is 6.07 Å². The predicted octanol–water partition coefficient (Wildman–Crippen LogP) is 6.13. The molecule has 3 aromatic rings. The number of hydrogen-bond donors (Lipinski definition) is 1. The van der Waals surface area contributed by atoms with Crippen LogP contribution < -0.4 is 0 Å². The third-order valence-corrected chi connectivity index (χ3v) is 4.74. The van der Waals surface area contributed by atoms with Crippen molar-refractivity contribution in [3.63, 3.8) is 0 Å². The van der Waals surface area contributed by atoms with Crippen LogP contribution >= 0.6 is 0 Å². The number of halogens is 9. The molecule has 0 aliphatic heterocycles. The second-order valence-electron chi connectivity index (χ2n) is 7.16. The van der Waals surface area contributed by atoms with Gasteiger partial charge < -0.3 is 9.67 Å². The number of nitriles is 1. The maximum absolute atomic E-state index is 13.6. The molecule has 0 saturated carbocycles. The van der Waals surface area contributed by atoms with Crippen LogP contribution in [0.1, 0.15) is 27.8 Å². The van der Waals surface area contributed by atoms with E-state index in [-0.39, 0.29) is 6.07 Å². The van der Waals surface area contributed by atoms with Crippen LogP contribution in [0.2, 0.25) is 0 Å². The first-order valence-electron chi connectivity index (χ1n) is 9.21. The second kappa shape index (κ2) is 8.64. The van der Waals surface area contributed by atoms with Crippen LogP contribution in [0.4, 0.5) is 39.5 Å². The zero-order chi connectivity index (χ0) is 26.3. The van der Waals surface area contributed by atoms with Gasteiger partial charge in [0.05, 0.1) is 16.7 Å². The van der Waals surface area contributed by atoms with Crippen molar-refractivity contribution in [2.45, 2.75) is 25.1 Å². The minimum atomic E-state index is -5.15. The molecule has 0 radical (unpaired) electrons. The van der Waals surface area contributed by atoms with Gasteiger partial charge in [0.1, 0.15) is 17.3 Å². The predicted molar refractivity (Wildman–Crippen MR) is 102 cm³/mol. The largest absolute Gasteiger partial charge is 0.477 e. The molecular weight excluding hydrogens is 497 g/mol. The van der Waals surface area contributed by atoms with Gasteiger partial charge in [-0.15, -0.1) is 0 Å². The van der Waals surface area contributed by atoms with Gasteiger partial charge in [-0.3, -0.25) is 0 Å². The summed E-state index contributed by atoms with van der Waals surface area (Å²) in [6.45, 7) is -0.777. The molecule has 2 heterocycles. The first-order valence-corrected chi connectivity index (χ1v) is 9.21. The van der Waals surface area contributed by atoms with Crippen LogP contribution in [0.25, 0.3) is 17.1 Å². The molecule has 0 amide bonds. The van der Waals surface area contributed by atoms with Crippen LogP contribution in [-0.2, 0) is 29.9 Å². The Balaban J connectivity index is 2.29. The molecule has 0 bridgehead atoms. The highest BCUT2D eigenvalue weighted by Crippen LogP contribution is 2.39. The van der Waals surface area contributed by atoms with Crippen molar-refractivity contribution in [1.82, 2.24) is 9.55 Å². The molecule has 0 saturated heterocycles. The van der Waals surface area contributed by atoms with Crippen molar-refractivity contribution in [2.75, 3.05) is 0 Å². The summed E-state index contributed by atoms with van der Waals surface area (Å²) in [7, 11) is 0. The summed E-state index contributed by atoms with van der Waals surface area (Å²) in [5.41, 5.74) is -7.03. The van der Waals surface area contributed by atoms with E-state index in [1.807, 2.05) is 0 Å². The normalized spacial score (nSPS) is 13.2. The van der Waals surface area contributed by atoms with Crippen molar-refractivity contribution in [3.05, 3.63) is 70.0 Å². The molecular formula is C21H10F9N3O2. The fourth-order valence-corrected chi connectivity index (χ4v) is 3.32. The number of nitrogens with zero attached hydrogens (tertiary/aromatic N) is 3. The van der Waals surface area contributed by atoms with E-state index in [0.717, 1.165) is 17.0 Å². The van der Waals surface area contributed by atoms with E-state index >= 15 is 0 Å². The Labute approximate surface area is 189 Å². The average Bonchev–Trinajstić information content (AvgIpc) is 3.06. The molecule has 14 heteroatoms. The number of aromatic nitrogens is 2. The summed E-state index contributed by atoms with van der Waals surface area (Å²) >= 11 is 0. The van der Waals surface area contributed by atoms with E-state index in [2.05, 4.69) is 4.98 Å². The Kier molecular flexibility index (Phi) is 6.32. The van der Waals surface area contributed by atoms with E-state index < -0.39 is 75.5 Å². The van der Waals surface area contributed by atoms with Gasteiger partial charge in [0.25, 0.3) is 0 Å². The van der Waals surface area contributed by atoms with Crippen LogP contribution in [0.5, 0.6) is 0 Å². The molecule has 5 nitrogen and oxygen atoms in total. The van der Waals surface area contributed by atoms with Crippen LogP contribution in [-0.4, -0.2) is 20.6 Å². The molecule has 1 N–H and O–H groups in total. The number of fused-ring (bicyclic) bond motifs is 1. The minimum absolute atomic E-state index is 0.0997. The number of hydrogen-bond acceptors (Lipinski definition) is 3. The molecule has 0 unspecified atom stereocenters. The molecule has 2 aromatic heterocycles. The summed E-state index contributed by atoms with van der Waals surface area (Å²) < 4.78 is 121. The lowest BCUT2D eigenvalue weighted by Gasteiger charge is -2.15. The first-order chi connectivity index (χ1) is 16.0. The minimum Gasteiger partial charge on any atom is -0.477 e. The molecule has 0 spiro atoms. The first kappa shape index (κ1) is 25.6. The fourth-order valence-electron chi connectivity index (χ4n) is 3.32. The molecule has 0 aliphatic rings. The smallest absolute Gasteiger partial charge is 0.417 e. The van der Waals surface area contributed by atoms with Crippen molar-refractivity contribution in [2.24, 2.45) is 0 Å². The number of pyridine rings is 1.